The lowest BCUT2D eigenvalue weighted by atomic mass is 9.78. The number of hydrogen-bond acceptors (Lipinski definition) is 4. The maximum absolute atomic E-state index is 13.3. The lowest BCUT2D eigenvalue weighted by Crippen LogP contribution is -2.45. The molecule has 0 aromatic heterocycles. The van der Waals surface area contributed by atoms with Gasteiger partial charge < -0.3 is 5.32 Å². The first-order valence-electron chi connectivity index (χ1n) is 10.4. The van der Waals surface area contributed by atoms with E-state index in [0.29, 0.717) is 18.4 Å². The number of hydrogen-bond donors (Lipinski definition) is 1. The molecule has 0 radical (unpaired) electrons. The number of imide groups is 1. The molecule has 0 spiro atoms. The van der Waals surface area contributed by atoms with Crippen LogP contribution in [-0.2, 0) is 15.0 Å². The summed E-state index contributed by atoms with van der Waals surface area (Å²) in [7, 11) is 0. The summed E-state index contributed by atoms with van der Waals surface area (Å²) in [6, 6.07) is 11.6. The first kappa shape index (κ1) is 22.2. The van der Waals surface area contributed by atoms with Crippen molar-refractivity contribution >= 4 is 34.9 Å². The first-order chi connectivity index (χ1) is 15.4. The average molecular weight is 457 g/mol. The van der Waals surface area contributed by atoms with Crippen molar-refractivity contribution in [2.75, 3.05) is 13.1 Å². The predicted octanol–water partition coefficient (Wildman–Crippen LogP) is 4.63. The number of carbonyl (C=O) groups is 3. The molecule has 1 saturated heterocycles. The Bertz CT molecular complexity index is 1060. The fourth-order valence-electron chi connectivity index (χ4n) is 4.25. The number of halogens is 2. The Morgan fingerprint density at radius 1 is 1.00 bits per heavy atom. The Morgan fingerprint density at radius 3 is 2.22 bits per heavy atom. The summed E-state index contributed by atoms with van der Waals surface area (Å²) in [5.41, 5.74) is 0.685. The van der Waals surface area contributed by atoms with Gasteiger partial charge in [0, 0.05) is 13.1 Å². The zero-order valence-electron chi connectivity index (χ0n) is 17.3. The number of nitrogens with one attached hydrogen (secondary N) is 1. The molecule has 5 nitrogen and oxygen atoms in total. The normalized spacial score (nSPS) is 19.1. The molecular weight excluding hydrogens is 434 g/mol. The molecule has 32 heavy (non-hydrogen) atoms. The number of benzene rings is 2. The van der Waals surface area contributed by atoms with E-state index in [9.17, 15) is 23.2 Å². The van der Waals surface area contributed by atoms with Gasteiger partial charge in [0.05, 0.1) is 10.3 Å². The molecule has 0 atom stereocenters. The summed E-state index contributed by atoms with van der Waals surface area (Å²) < 4.78 is 26.4. The molecule has 1 heterocycles. The fourth-order valence-corrected chi connectivity index (χ4v) is 5.11. The van der Waals surface area contributed by atoms with Crippen LogP contribution < -0.4 is 5.32 Å². The smallest absolute Gasteiger partial charge is 0.293 e. The molecule has 8 heteroatoms. The van der Waals surface area contributed by atoms with Crippen LogP contribution in [0.2, 0.25) is 0 Å². The van der Waals surface area contributed by atoms with E-state index in [1.807, 2.05) is 0 Å². The van der Waals surface area contributed by atoms with Gasteiger partial charge in [0.25, 0.3) is 11.1 Å². The van der Waals surface area contributed by atoms with Crippen LogP contribution in [0.4, 0.5) is 13.6 Å². The molecule has 1 N–H and O–H groups in total. The van der Waals surface area contributed by atoms with E-state index in [1.54, 1.807) is 18.2 Å². The van der Waals surface area contributed by atoms with Crippen LogP contribution in [0.25, 0.3) is 6.08 Å². The molecular formula is C24H22F2N2O3S. The van der Waals surface area contributed by atoms with Crippen LogP contribution >= 0.6 is 11.8 Å². The minimum Gasteiger partial charge on any atom is -0.354 e. The Hall–Kier alpha value is -3.00. The SMILES string of the molecule is O=C1S/C(=C\c2ccc(F)cc2)C(=O)N1CCNC(=O)C1(c2ccc(F)cc2)CCCC1. The molecule has 2 aromatic rings. The molecule has 1 aliphatic heterocycles. The highest BCUT2D eigenvalue weighted by atomic mass is 32.2. The van der Waals surface area contributed by atoms with E-state index in [2.05, 4.69) is 5.32 Å². The van der Waals surface area contributed by atoms with Crippen LogP contribution in [0.1, 0.15) is 36.8 Å². The van der Waals surface area contributed by atoms with Crippen LogP contribution in [0.15, 0.2) is 53.4 Å². The molecule has 3 amide bonds. The van der Waals surface area contributed by atoms with Gasteiger partial charge in [0.15, 0.2) is 0 Å². The third-order valence-electron chi connectivity index (χ3n) is 5.95. The Balaban J connectivity index is 1.39. The molecule has 2 fully saturated rings. The van der Waals surface area contributed by atoms with Gasteiger partial charge in [0.1, 0.15) is 11.6 Å². The highest BCUT2D eigenvalue weighted by Crippen LogP contribution is 2.41. The van der Waals surface area contributed by atoms with Crippen molar-refractivity contribution in [3.05, 3.63) is 76.2 Å². The fraction of sp³-hybridized carbons (Fsp3) is 0.292. The average Bonchev–Trinajstić information content (AvgIpc) is 3.37. The monoisotopic (exact) mass is 456 g/mol. The summed E-state index contributed by atoms with van der Waals surface area (Å²) >= 11 is 0.819. The maximum atomic E-state index is 13.3. The van der Waals surface area contributed by atoms with E-state index < -0.39 is 16.6 Å². The van der Waals surface area contributed by atoms with E-state index in [0.717, 1.165) is 35.1 Å². The standard InChI is InChI=1S/C24H22F2N2O3S/c25-18-7-3-16(4-8-18)15-20-21(29)28(23(31)32-20)14-13-27-22(30)24(11-1-2-12-24)17-5-9-19(26)10-6-17/h3-10,15H,1-2,11-14H2,(H,27,30)/b20-15-. The molecule has 4 rings (SSSR count). The van der Waals surface area contributed by atoms with Gasteiger partial charge in [-0.15, -0.1) is 0 Å². The molecule has 1 aliphatic carbocycles. The second-order valence-corrected chi connectivity index (χ2v) is 8.93. The van der Waals surface area contributed by atoms with Gasteiger partial charge in [-0.1, -0.05) is 37.1 Å². The van der Waals surface area contributed by atoms with E-state index in [4.69, 9.17) is 0 Å². The highest BCUT2D eigenvalue weighted by molar-refractivity contribution is 8.18. The second kappa shape index (κ2) is 9.24. The largest absolute Gasteiger partial charge is 0.354 e. The van der Waals surface area contributed by atoms with Crippen molar-refractivity contribution in [1.29, 1.82) is 0 Å². The van der Waals surface area contributed by atoms with Crippen molar-refractivity contribution in [2.24, 2.45) is 0 Å². The Labute approximate surface area is 188 Å². The van der Waals surface area contributed by atoms with Crippen molar-refractivity contribution in [3.63, 3.8) is 0 Å². The maximum Gasteiger partial charge on any atom is 0.293 e. The van der Waals surface area contributed by atoms with Gasteiger partial charge in [-0.05, 0) is 66.1 Å². The summed E-state index contributed by atoms with van der Waals surface area (Å²) in [4.78, 5) is 39.4. The van der Waals surface area contributed by atoms with Crippen LogP contribution in [0, 0.1) is 11.6 Å². The predicted molar refractivity (Wildman–Crippen MR) is 119 cm³/mol. The lowest BCUT2D eigenvalue weighted by Gasteiger charge is -2.28. The quantitative estimate of drug-likeness (QED) is 0.644. The summed E-state index contributed by atoms with van der Waals surface area (Å²) in [5, 5.41) is 2.46. The van der Waals surface area contributed by atoms with E-state index >= 15 is 0 Å². The van der Waals surface area contributed by atoms with Crippen molar-refractivity contribution in [2.45, 2.75) is 31.1 Å². The summed E-state index contributed by atoms with van der Waals surface area (Å²) in [6.45, 7) is 0.181. The minimum absolute atomic E-state index is 0.0522. The molecule has 2 aliphatic rings. The van der Waals surface area contributed by atoms with Gasteiger partial charge in [0.2, 0.25) is 5.91 Å². The Morgan fingerprint density at radius 2 is 1.59 bits per heavy atom. The number of carbonyl (C=O) groups excluding carboxylic acids is 3. The molecule has 166 valence electrons. The zero-order chi connectivity index (χ0) is 22.7. The number of rotatable bonds is 6. The van der Waals surface area contributed by atoms with Crippen LogP contribution in [0.3, 0.4) is 0 Å². The van der Waals surface area contributed by atoms with Gasteiger partial charge >= 0.3 is 0 Å². The van der Waals surface area contributed by atoms with Crippen molar-refractivity contribution < 1.29 is 23.2 Å². The Kier molecular flexibility index (Phi) is 6.41. The summed E-state index contributed by atoms with van der Waals surface area (Å²) in [6.07, 6.45) is 4.70. The third kappa shape index (κ3) is 4.46. The van der Waals surface area contributed by atoms with Crippen molar-refractivity contribution in [1.82, 2.24) is 10.2 Å². The lowest BCUT2D eigenvalue weighted by molar-refractivity contribution is -0.127. The number of nitrogens with zero attached hydrogens (tertiary/aromatic N) is 1. The second-order valence-electron chi connectivity index (χ2n) is 7.94. The summed E-state index contributed by atoms with van der Waals surface area (Å²) in [5.74, 6) is -1.34. The van der Waals surface area contributed by atoms with Crippen molar-refractivity contribution in [3.8, 4) is 0 Å². The molecule has 1 saturated carbocycles. The molecule has 2 aromatic carbocycles. The van der Waals surface area contributed by atoms with Gasteiger partial charge in [-0.25, -0.2) is 8.78 Å². The zero-order valence-corrected chi connectivity index (χ0v) is 18.1. The van der Waals surface area contributed by atoms with Crippen LogP contribution in [0.5, 0.6) is 0 Å². The minimum atomic E-state index is -0.713. The number of thioether (sulfide) groups is 1. The molecule has 0 unspecified atom stereocenters. The van der Waals surface area contributed by atoms with Crippen LogP contribution in [-0.4, -0.2) is 35.0 Å². The topological polar surface area (TPSA) is 66.5 Å². The first-order valence-corrected chi connectivity index (χ1v) is 11.3. The van der Waals surface area contributed by atoms with E-state index in [1.165, 1.54) is 36.4 Å². The highest BCUT2D eigenvalue weighted by Gasteiger charge is 2.43. The number of amides is 3. The third-order valence-corrected chi connectivity index (χ3v) is 6.86. The van der Waals surface area contributed by atoms with E-state index in [-0.39, 0.29) is 35.5 Å². The van der Waals surface area contributed by atoms with Gasteiger partial charge in [-0.3, -0.25) is 19.3 Å². The van der Waals surface area contributed by atoms with Gasteiger partial charge in [-0.2, -0.15) is 0 Å². The molecule has 0 bridgehead atoms.